The van der Waals surface area contributed by atoms with Gasteiger partial charge in [-0.25, -0.2) is 9.59 Å². The molecule has 1 aliphatic heterocycles. The molecule has 5 aliphatic carbocycles. The summed E-state index contributed by atoms with van der Waals surface area (Å²) in [5.74, 6) is -0.441. The van der Waals surface area contributed by atoms with E-state index < -0.39 is 58.6 Å². The standard InChI is InChI=1S/C44H67NO8/c1-37(2,3)53-36(49)45-27(22-26-14-12-11-13-15-26)35(48)51-29-23-30-41(9)24-28(46)33(42(10)18-17-32(52-42)39(6,7)50)40(41,8)20-21-43(30)25-44(43)19-16-31(47)38(4,5)34(29)44/h11-15,27-34,46-47,50H,16-25H2,1-10H3,(H,45,49)/t27-,28-,29-,30?,31-,32-,33-,34-,40+,41-,42+,43?,44+/m0/s1. The summed E-state index contributed by atoms with van der Waals surface area (Å²) < 4.78 is 19.1. The maximum Gasteiger partial charge on any atom is 0.408 e. The van der Waals surface area contributed by atoms with Crippen molar-refractivity contribution in [1.82, 2.24) is 5.32 Å². The molecule has 1 aromatic carbocycles. The van der Waals surface area contributed by atoms with Gasteiger partial charge in [0, 0.05) is 18.3 Å². The fourth-order valence-corrected chi connectivity index (χ4v) is 13.9. The first kappa shape index (κ1) is 39.1. The molecule has 13 atom stereocenters. The summed E-state index contributed by atoms with van der Waals surface area (Å²) in [6, 6.07) is 8.68. The van der Waals surface area contributed by atoms with Crippen LogP contribution in [0, 0.1) is 44.8 Å². The number of benzene rings is 1. The van der Waals surface area contributed by atoms with Crippen molar-refractivity contribution in [3.63, 3.8) is 0 Å². The number of fused-ring (bicyclic) bond motifs is 2. The number of amides is 1. The van der Waals surface area contributed by atoms with Crippen LogP contribution in [0.25, 0.3) is 0 Å². The van der Waals surface area contributed by atoms with Crippen molar-refractivity contribution in [2.45, 2.75) is 181 Å². The molecule has 7 rings (SSSR count). The molecule has 0 bridgehead atoms. The van der Waals surface area contributed by atoms with E-state index in [1.54, 1.807) is 20.8 Å². The second-order valence-corrected chi connectivity index (χ2v) is 21.2. The topological polar surface area (TPSA) is 135 Å². The highest BCUT2D eigenvalue weighted by Crippen LogP contribution is 2.89. The van der Waals surface area contributed by atoms with Crippen LogP contribution >= 0.6 is 0 Å². The van der Waals surface area contributed by atoms with E-state index >= 15 is 0 Å². The maximum atomic E-state index is 14.5. The van der Waals surface area contributed by atoms with E-state index in [0.717, 1.165) is 50.5 Å². The molecule has 1 amide bonds. The van der Waals surface area contributed by atoms with Crippen LogP contribution in [-0.2, 0) is 25.4 Å². The summed E-state index contributed by atoms with van der Waals surface area (Å²) >= 11 is 0. The summed E-state index contributed by atoms with van der Waals surface area (Å²) in [7, 11) is 0. The lowest BCUT2D eigenvalue weighted by molar-refractivity contribution is -0.221. The number of nitrogens with one attached hydrogen (secondary N) is 1. The van der Waals surface area contributed by atoms with Crippen molar-refractivity contribution in [3.05, 3.63) is 35.9 Å². The van der Waals surface area contributed by atoms with Crippen LogP contribution in [0.4, 0.5) is 4.79 Å². The number of aliphatic hydroxyl groups is 3. The molecule has 1 aromatic rings. The third-order valence-electron chi connectivity index (χ3n) is 16.3. The smallest absolute Gasteiger partial charge is 0.408 e. The summed E-state index contributed by atoms with van der Waals surface area (Å²) in [6.45, 7) is 20.2. The largest absolute Gasteiger partial charge is 0.460 e. The van der Waals surface area contributed by atoms with Crippen LogP contribution in [0.15, 0.2) is 30.3 Å². The molecule has 4 N–H and O–H groups in total. The first-order valence-corrected chi connectivity index (χ1v) is 20.4. The van der Waals surface area contributed by atoms with Crippen LogP contribution in [0.2, 0.25) is 0 Å². The van der Waals surface area contributed by atoms with Gasteiger partial charge in [0.05, 0.1) is 29.5 Å². The minimum Gasteiger partial charge on any atom is -0.460 e. The minimum atomic E-state index is -0.965. The maximum absolute atomic E-state index is 14.5. The van der Waals surface area contributed by atoms with Crippen molar-refractivity contribution in [2.24, 2.45) is 44.8 Å². The highest BCUT2D eigenvalue weighted by atomic mass is 16.6. The van der Waals surface area contributed by atoms with Gasteiger partial charge in [-0.2, -0.15) is 0 Å². The third-order valence-corrected chi connectivity index (χ3v) is 16.3. The molecule has 2 spiro atoms. The number of hydrogen-bond donors (Lipinski definition) is 4. The van der Waals surface area contributed by atoms with E-state index in [0.29, 0.717) is 12.8 Å². The molecule has 9 nitrogen and oxygen atoms in total. The molecule has 1 saturated heterocycles. The molecule has 2 unspecified atom stereocenters. The van der Waals surface area contributed by atoms with Gasteiger partial charge < -0.3 is 34.8 Å². The van der Waals surface area contributed by atoms with Gasteiger partial charge in [-0.05, 0) is 138 Å². The van der Waals surface area contributed by atoms with Crippen LogP contribution in [0.5, 0.6) is 0 Å². The van der Waals surface area contributed by atoms with Gasteiger partial charge in [0.2, 0.25) is 0 Å². The number of carbonyl (C=O) groups is 2. The Bertz CT molecular complexity index is 1580. The molecule has 6 fully saturated rings. The summed E-state index contributed by atoms with van der Waals surface area (Å²) in [4.78, 5) is 27.7. The van der Waals surface area contributed by atoms with E-state index in [1.807, 2.05) is 44.2 Å². The van der Waals surface area contributed by atoms with Crippen molar-refractivity contribution in [1.29, 1.82) is 0 Å². The lowest BCUT2D eigenvalue weighted by atomic mass is 9.41. The summed E-state index contributed by atoms with van der Waals surface area (Å²) in [6.07, 6.45) is 5.28. The fraction of sp³-hybridized carbons (Fsp3) is 0.818. The highest BCUT2D eigenvalue weighted by molar-refractivity contribution is 5.82. The van der Waals surface area contributed by atoms with Crippen molar-refractivity contribution >= 4 is 12.1 Å². The lowest BCUT2D eigenvalue weighted by Gasteiger charge is -2.64. The molecule has 1 heterocycles. The number of carbonyl (C=O) groups excluding carboxylic acids is 2. The van der Waals surface area contributed by atoms with Crippen molar-refractivity contribution < 1.29 is 39.1 Å². The first-order chi connectivity index (χ1) is 24.4. The van der Waals surface area contributed by atoms with E-state index in [4.69, 9.17) is 14.2 Å². The van der Waals surface area contributed by atoms with E-state index in [2.05, 4.69) is 39.9 Å². The average molecular weight is 738 g/mol. The predicted molar refractivity (Wildman–Crippen MR) is 202 cm³/mol. The summed E-state index contributed by atoms with van der Waals surface area (Å²) in [5.41, 5.74) is -2.38. The van der Waals surface area contributed by atoms with Gasteiger partial charge in [-0.3, -0.25) is 0 Å². The molecule has 9 heteroatoms. The number of alkyl carbamates (subject to hydrolysis) is 1. The quantitative estimate of drug-likeness (QED) is 0.218. The normalized spacial score (nSPS) is 44.8. The van der Waals surface area contributed by atoms with Crippen LogP contribution < -0.4 is 5.32 Å². The Morgan fingerprint density at radius 1 is 0.906 bits per heavy atom. The number of esters is 1. The molecular weight excluding hydrogens is 670 g/mol. The molecule has 5 saturated carbocycles. The molecule has 6 aliphatic rings. The van der Waals surface area contributed by atoms with E-state index in [9.17, 15) is 24.9 Å². The number of aliphatic hydroxyl groups excluding tert-OH is 2. The monoisotopic (exact) mass is 737 g/mol. The van der Waals surface area contributed by atoms with Gasteiger partial charge in [0.15, 0.2) is 0 Å². The van der Waals surface area contributed by atoms with Gasteiger partial charge in [-0.1, -0.05) is 58.0 Å². The van der Waals surface area contributed by atoms with Gasteiger partial charge in [0.1, 0.15) is 17.7 Å². The highest BCUT2D eigenvalue weighted by Gasteiger charge is 2.85. The summed E-state index contributed by atoms with van der Waals surface area (Å²) in [5, 5.41) is 37.5. The van der Waals surface area contributed by atoms with E-state index in [1.165, 1.54) is 0 Å². The minimum absolute atomic E-state index is 0.0452. The molecule has 0 radical (unpaired) electrons. The number of ether oxygens (including phenoxy) is 3. The Labute approximate surface area is 317 Å². The third kappa shape index (κ3) is 5.99. The number of hydrogen-bond acceptors (Lipinski definition) is 8. The predicted octanol–water partition coefficient (Wildman–Crippen LogP) is 7.12. The Hall–Kier alpha value is -2.20. The van der Waals surface area contributed by atoms with Crippen molar-refractivity contribution in [2.75, 3.05) is 0 Å². The Balaban J connectivity index is 1.23. The first-order valence-electron chi connectivity index (χ1n) is 20.4. The molecular formula is C44H67NO8. The Morgan fingerprint density at radius 3 is 2.21 bits per heavy atom. The fourth-order valence-electron chi connectivity index (χ4n) is 13.9. The zero-order valence-corrected chi connectivity index (χ0v) is 34.0. The lowest BCUT2D eigenvalue weighted by Crippen LogP contribution is -2.63. The number of rotatable bonds is 7. The Morgan fingerprint density at radius 2 is 1.58 bits per heavy atom. The zero-order valence-electron chi connectivity index (χ0n) is 34.0. The SMILES string of the molecule is CC(C)(C)OC(=O)N[C@@H](Cc1ccccc1)C(=O)O[C@H]1CC2C3(CC[C@]4(C)[C@@H]([C@@]5(C)CC[C@@H](C(C)(C)O)O5)[C@@H](O)C[C@@]24C)C[C@@]32CC[C@H](O)C(C)(C)[C@H]12. The molecule has 0 aromatic heterocycles. The van der Waals surface area contributed by atoms with Gasteiger partial charge in [0.25, 0.3) is 0 Å². The van der Waals surface area contributed by atoms with Crippen LogP contribution in [-0.4, -0.2) is 74.6 Å². The average Bonchev–Trinajstić information content (AvgIpc) is 3.40. The molecule has 296 valence electrons. The zero-order chi connectivity index (χ0) is 38.8. The van der Waals surface area contributed by atoms with E-state index in [-0.39, 0.29) is 51.9 Å². The second kappa shape index (κ2) is 12.4. The second-order valence-electron chi connectivity index (χ2n) is 21.2. The molecule has 53 heavy (non-hydrogen) atoms. The Kier molecular flexibility index (Phi) is 9.14. The van der Waals surface area contributed by atoms with Crippen molar-refractivity contribution in [3.8, 4) is 0 Å². The van der Waals surface area contributed by atoms with Crippen LogP contribution in [0.3, 0.4) is 0 Å². The van der Waals surface area contributed by atoms with Gasteiger partial charge >= 0.3 is 12.1 Å². The van der Waals surface area contributed by atoms with Gasteiger partial charge in [-0.15, -0.1) is 0 Å². The van der Waals surface area contributed by atoms with Crippen LogP contribution in [0.1, 0.15) is 133 Å².